The van der Waals surface area contributed by atoms with Crippen LogP contribution in [0.2, 0.25) is 0 Å². The molecule has 3 N–H and O–H groups in total. The molecule has 0 aromatic heterocycles. The van der Waals surface area contributed by atoms with Crippen molar-refractivity contribution in [1.29, 1.82) is 0 Å². The second-order valence-corrected chi connectivity index (χ2v) is 7.08. The number of nitrogens with one attached hydrogen (secondary N) is 1. The van der Waals surface area contributed by atoms with Crippen LogP contribution in [0.4, 0.5) is 0 Å². The zero-order valence-electron chi connectivity index (χ0n) is 15.9. The SMILES string of the molecule is CC(C)C[C@H](N)C(=O)N[C@@H](Cc1ccccc1)C(=O)OCc1ccccc1. The Labute approximate surface area is 160 Å². The van der Waals surface area contributed by atoms with E-state index in [0.717, 1.165) is 11.1 Å². The van der Waals surface area contributed by atoms with Crippen LogP contribution in [-0.4, -0.2) is 24.0 Å². The van der Waals surface area contributed by atoms with Gasteiger partial charge in [-0.1, -0.05) is 74.5 Å². The Morgan fingerprint density at radius 2 is 1.52 bits per heavy atom. The Morgan fingerprint density at radius 1 is 0.963 bits per heavy atom. The zero-order chi connectivity index (χ0) is 19.6. The molecule has 1 amide bonds. The van der Waals surface area contributed by atoms with Crippen molar-refractivity contribution in [3.05, 3.63) is 71.8 Å². The topological polar surface area (TPSA) is 81.4 Å². The first-order valence-electron chi connectivity index (χ1n) is 9.26. The molecule has 0 saturated carbocycles. The number of rotatable bonds is 9. The van der Waals surface area contributed by atoms with Crippen molar-refractivity contribution < 1.29 is 14.3 Å². The van der Waals surface area contributed by atoms with E-state index in [1.54, 1.807) is 0 Å². The Hall–Kier alpha value is -2.66. The van der Waals surface area contributed by atoms with Gasteiger partial charge in [-0.3, -0.25) is 4.79 Å². The van der Waals surface area contributed by atoms with Crippen LogP contribution in [0, 0.1) is 5.92 Å². The number of carbonyl (C=O) groups is 2. The van der Waals surface area contributed by atoms with Crippen molar-refractivity contribution in [3.8, 4) is 0 Å². The summed E-state index contributed by atoms with van der Waals surface area (Å²) in [6.07, 6.45) is 0.914. The van der Waals surface area contributed by atoms with Gasteiger partial charge >= 0.3 is 5.97 Å². The second kappa shape index (κ2) is 10.5. The fourth-order valence-electron chi connectivity index (χ4n) is 2.77. The van der Waals surface area contributed by atoms with Crippen molar-refractivity contribution >= 4 is 11.9 Å². The van der Waals surface area contributed by atoms with Crippen LogP contribution in [0.25, 0.3) is 0 Å². The fraction of sp³-hybridized carbons (Fsp3) is 0.364. The Balaban J connectivity index is 2.03. The lowest BCUT2D eigenvalue weighted by Crippen LogP contribution is -2.50. The fourth-order valence-corrected chi connectivity index (χ4v) is 2.77. The van der Waals surface area contributed by atoms with Crippen molar-refractivity contribution in [1.82, 2.24) is 5.32 Å². The van der Waals surface area contributed by atoms with E-state index < -0.39 is 18.1 Å². The molecule has 144 valence electrons. The average Bonchev–Trinajstić information content (AvgIpc) is 2.66. The molecule has 0 heterocycles. The first-order valence-corrected chi connectivity index (χ1v) is 9.26. The molecule has 0 aliphatic carbocycles. The molecule has 5 nitrogen and oxygen atoms in total. The van der Waals surface area contributed by atoms with Crippen LogP contribution in [-0.2, 0) is 27.4 Å². The summed E-state index contributed by atoms with van der Waals surface area (Å²) in [5.74, 6) is -0.502. The molecular weight excluding hydrogens is 340 g/mol. The maximum Gasteiger partial charge on any atom is 0.329 e. The van der Waals surface area contributed by atoms with Gasteiger partial charge in [0.1, 0.15) is 12.6 Å². The summed E-state index contributed by atoms with van der Waals surface area (Å²) in [7, 11) is 0. The zero-order valence-corrected chi connectivity index (χ0v) is 15.9. The van der Waals surface area contributed by atoms with Gasteiger partial charge in [-0.2, -0.15) is 0 Å². The molecule has 0 aliphatic heterocycles. The number of hydrogen-bond donors (Lipinski definition) is 2. The quantitative estimate of drug-likeness (QED) is 0.667. The molecule has 0 bridgehead atoms. The van der Waals surface area contributed by atoms with Crippen LogP contribution < -0.4 is 11.1 Å². The van der Waals surface area contributed by atoms with Gasteiger partial charge in [0.2, 0.25) is 5.91 Å². The summed E-state index contributed by atoms with van der Waals surface area (Å²) in [4.78, 5) is 25.0. The normalized spacial score (nSPS) is 13.0. The molecule has 2 aromatic carbocycles. The highest BCUT2D eigenvalue weighted by Gasteiger charge is 2.25. The molecule has 0 saturated heterocycles. The Morgan fingerprint density at radius 3 is 2.07 bits per heavy atom. The van der Waals surface area contributed by atoms with Gasteiger partial charge in [-0.05, 0) is 23.5 Å². The van der Waals surface area contributed by atoms with E-state index in [-0.39, 0.29) is 12.5 Å². The van der Waals surface area contributed by atoms with Crippen LogP contribution in [0.5, 0.6) is 0 Å². The highest BCUT2D eigenvalue weighted by Crippen LogP contribution is 2.09. The maximum atomic E-state index is 12.6. The molecule has 2 atom stereocenters. The van der Waals surface area contributed by atoms with Gasteiger partial charge in [0.25, 0.3) is 0 Å². The van der Waals surface area contributed by atoms with Crippen LogP contribution >= 0.6 is 0 Å². The monoisotopic (exact) mass is 368 g/mol. The average molecular weight is 368 g/mol. The van der Waals surface area contributed by atoms with Crippen molar-refractivity contribution in [3.63, 3.8) is 0 Å². The minimum atomic E-state index is -0.776. The molecule has 0 unspecified atom stereocenters. The van der Waals surface area contributed by atoms with E-state index in [4.69, 9.17) is 10.5 Å². The number of nitrogens with two attached hydrogens (primary N) is 1. The Bertz CT molecular complexity index is 717. The van der Waals surface area contributed by atoms with E-state index in [1.807, 2.05) is 74.5 Å². The summed E-state index contributed by atoms with van der Waals surface area (Å²) in [5, 5.41) is 2.77. The summed E-state index contributed by atoms with van der Waals surface area (Å²) in [6, 6.07) is 17.6. The molecule has 2 aromatic rings. The first-order chi connectivity index (χ1) is 13.0. The summed E-state index contributed by atoms with van der Waals surface area (Å²) in [6.45, 7) is 4.17. The van der Waals surface area contributed by atoms with Crippen LogP contribution in [0.1, 0.15) is 31.4 Å². The predicted molar refractivity (Wildman–Crippen MR) is 106 cm³/mol. The van der Waals surface area contributed by atoms with E-state index in [2.05, 4.69) is 5.32 Å². The highest BCUT2D eigenvalue weighted by molar-refractivity contribution is 5.87. The second-order valence-electron chi connectivity index (χ2n) is 7.08. The first kappa shape index (κ1) is 20.6. The molecule has 0 aliphatic rings. The largest absolute Gasteiger partial charge is 0.459 e. The number of carbonyl (C=O) groups excluding carboxylic acids is 2. The minimum Gasteiger partial charge on any atom is -0.459 e. The van der Waals surface area contributed by atoms with Crippen LogP contribution in [0.15, 0.2) is 60.7 Å². The smallest absolute Gasteiger partial charge is 0.329 e. The molecular formula is C22H28N2O3. The minimum absolute atomic E-state index is 0.166. The molecule has 0 radical (unpaired) electrons. The third kappa shape index (κ3) is 7.23. The lowest BCUT2D eigenvalue weighted by molar-refractivity contribution is -0.149. The van der Waals surface area contributed by atoms with Crippen molar-refractivity contribution in [2.45, 2.75) is 45.4 Å². The predicted octanol–water partition coefficient (Wildman–Crippen LogP) is 2.83. The van der Waals surface area contributed by atoms with Gasteiger partial charge in [-0.15, -0.1) is 0 Å². The van der Waals surface area contributed by atoms with Crippen LogP contribution in [0.3, 0.4) is 0 Å². The molecule has 27 heavy (non-hydrogen) atoms. The van der Waals surface area contributed by atoms with Gasteiger partial charge < -0.3 is 15.8 Å². The lowest BCUT2D eigenvalue weighted by Gasteiger charge is -2.21. The highest BCUT2D eigenvalue weighted by atomic mass is 16.5. The van der Waals surface area contributed by atoms with Gasteiger partial charge in [-0.25, -0.2) is 4.79 Å². The van der Waals surface area contributed by atoms with E-state index in [1.165, 1.54) is 0 Å². The summed E-state index contributed by atoms with van der Waals surface area (Å²) in [5.41, 5.74) is 7.80. The number of benzene rings is 2. The lowest BCUT2D eigenvalue weighted by atomic mass is 10.0. The van der Waals surface area contributed by atoms with E-state index in [0.29, 0.717) is 18.8 Å². The third-order valence-electron chi connectivity index (χ3n) is 4.17. The number of hydrogen-bond acceptors (Lipinski definition) is 4. The molecule has 5 heteroatoms. The molecule has 0 spiro atoms. The van der Waals surface area contributed by atoms with Crippen molar-refractivity contribution in [2.24, 2.45) is 11.7 Å². The summed E-state index contributed by atoms with van der Waals surface area (Å²) >= 11 is 0. The van der Waals surface area contributed by atoms with E-state index >= 15 is 0 Å². The number of ether oxygens (including phenoxy) is 1. The summed E-state index contributed by atoms with van der Waals surface area (Å²) < 4.78 is 5.43. The maximum absolute atomic E-state index is 12.6. The number of esters is 1. The molecule has 0 fully saturated rings. The standard InChI is InChI=1S/C22H28N2O3/c1-16(2)13-19(23)21(25)24-20(14-17-9-5-3-6-10-17)22(26)27-15-18-11-7-4-8-12-18/h3-12,16,19-20H,13-15,23H2,1-2H3,(H,24,25)/t19-,20-/m0/s1. The van der Waals surface area contributed by atoms with Gasteiger partial charge in [0.05, 0.1) is 6.04 Å². The van der Waals surface area contributed by atoms with E-state index in [9.17, 15) is 9.59 Å². The third-order valence-corrected chi connectivity index (χ3v) is 4.17. The van der Waals surface area contributed by atoms with Gasteiger partial charge in [0.15, 0.2) is 0 Å². The van der Waals surface area contributed by atoms with Crippen molar-refractivity contribution in [2.75, 3.05) is 0 Å². The van der Waals surface area contributed by atoms with Gasteiger partial charge in [0, 0.05) is 6.42 Å². The Kier molecular flexibility index (Phi) is 8.01. The molecule has 2 rings (SSSR count). The number of amides is 1.